The summed E-state index contributed by atoms with van der Waals surface area (Å²) in [5.74, 6) is 0.871. The first-order chi connectivity index (χ1) is 13.0. The number of rotatable bonds is 5. The molecule has 0 N–H and O–H groups in total. The minimum absolute atomic E-state index is 0.00741. The number of Topliss-reactive ketones (excluding diaryl/α,β-unsaturated/α-hetero) is 1. The van der Waals surface area contributed by atoms with Crippen LogP contribution in [0.3, 0.4) is 0 Å². The van der Waals surface area contributed by atoms with Crippen molar-refractivity contribution >= 4 is 17.4 Å². The predicted molar refractivity (Wildman–Crippen MR) is 107 cm³/mol. The number of ketones is 1. The van der Waals surface area contributed by atoms with E-state index >= 15 is 0 Å². The molecular weight excluding hydrogens is 340 g/mol. The van der Waals surface area contributed by atoms with Crippen LogP contribution in [-0.4, -0.2) is 49.9 Å². The molecule has 1 aliphatic heterocycles. The zero-order valence-electron chi connectivity index (χ0n) is 16.1. The fourth-order valence-electron chi connectivity index (χ4n) is 3.52. The highest BCUT2D eigenvalue weighted by Gasteiger charge is 2.26. The summed E-state index contributed by atoms with van der Waals surface area (Å²) in [7, 11) is 3.54. The number of methoxy groups -OCH3 is 1. The largest absolute Gasteiger partial charge is 0.497 e. The monoisotopic (exact) mass is 366 g/mol. The third kappa shape index (κ3) is 4.30. The van der Waals surface area contributed by atoms with Crippen LogP contribution in [0.25, 0.3) is 0 Å². The number of amides is 1. The van der Waals surface area contributed by atoms with Crippen molar-refractivity contribution in [2.75, 3.05) is 32.1 Å². The van der Waals surface area contributed by atoms with E-state index < -0.39 is 0 Å². The zero-order chi connectivity index (χ0) is 19.4. The van der Waals surface area contributed by atoms with Crippen molar-refractivity contribution in [3.8, 4) is 5.75 Å². The van der Waals surface area contributed by atoms with Gasteiger partial charge in [-0.2, -0.15) is 0 Å². The molecule has 0 bridgehead atoms. The number of carbonyl (C=O) groups excluding carboxylic acids is 2. The van der Waals surface area contributed by atoms with Crippen LogP contribution in [-0.2, 0) is 0 Å². The molecule has 1 saturated heterocycles. The topological polar surface area (TPSA) is 49.9 Å². The lowest BCUT2D eigenvalue weighted by atomic mass is 10.0. The summed E-state index contributed by atoms with van der Waals surface area (Å²) in [6, 6.07) is 15.2. The average molecular weight is 366 g/mol. The highest BCUT2D eigenvalue weighted by Crippen LogP contribution is 2.25. The number of nitrogens with zero attached hydrogens (tertiary/aromatic N) is 2. The number of carbonyl (C=O) groups is 2. The SMILES string of the molecule is COc1ccc(N2CCC(N(C)C(=O)c3ccc(C(C)=O)cc3)CC2)cc1. The van der Waals surface area contributed by atoms with E-state index in [1.165, 1.54) is 12.6 Å². The van der Waals surface area contributed by atoms with Gasteiger partial charge in [0.25, 0.3) is 5.91 Å². The Bertz CT molecular complexity index is 791. The minimum atomic E-state index is 0.00741. The molecule has 3 rings (SSSR count). The normalized spacial score (nSPS) is 14.7. The fraction of sp³-hybridized carbons (Fsp3) is 0.364. The van der Waals surface area contributed by atoms with Crippen molar-refractivity contribution in [1.82, 2.24) is 4.90 Å². The molecular formula is C22H26N2O3. The first-order valence-corrected chi connectivity index (χ1v) is 9.26. The van der Waals surface area contributed by atoms with Crippen molar-refractivity contribution in [1.29, 1.82) is 0 Å². The molecule has 0 atom stereocenters. The van der Waals surface area contributed by atoms with Gasteiger partial charge in [0.15, 0.2) is 5.78 Å². The van der Waals surface area contributed by atoms with Gasteiger partial charge < -0.3 is 14.5 Å². The van der Waals surface area contributed by atoms with E-state index in [9.17, 15) is 9.59 Å². The molecule has 2 aromatic carbocycles. The second kappa shape index (κ2) is 8.25. The van der Waals surface area contributed by atoms with Crippen molar-refractivity contribution in [2.24, 2.45) is 0 Å². The van der Waals surface area contributed by atoms with E-state index in [0.29, 0.717) is 11.1 Å². The summed E-state index contributed by atoms with van der Waals surface area (Å²) in [6.07, 6.45) is 1.86. The molecule has 1 heterocycles. The van der Waals surface area contributed by atoms with E-state index in [1.54, 1.807) is 31.4 Å². The van der Waals surface area contributed by atoms with Gasteiger partial charge >= 0.3 is 0 Å². The number of ether oxygens (including phenoxy) is 1. The molecule has 1 fully saturated rings. The van der Waals surface area contributed by atoms with Crippen molar-refractivity contribution in [3.05, 3.63) is 59.7 Å². The molecule has 5 nitrogen and oxygen atoms in total. The first kappa shape index (κ1) is 19.0. The lowest BCUT2D eigenvalue weighted by molar-refractivity contribution is 0.0709. The van der Waals surface area contributed by atoms with Crippen LogP contribution in [0.1, 0.15) is 40.5 Å². The van der Waals surface area contributed by atoms with E-state index in [2.05, 4.69) is 17.0 Å². The third-order valence-electron chi connectivity index (χ3n) is 5.31. The molecule has 0 radical (unpaired) electrons. The Balaban J connectivity index is 1.59. The van der Waals surface area contributed by atoms with Crippen LogP contribution in [0.4, 0.5) is 5.69 Å². The Morgan fingerprint density at radius 2 is 1.52 bits per heavy atom. The van der Waals surface area contributed by atoms with Crippen LogP contribution in [0.5, 0.6) is 5.75 Å². The smallest absolute Gasteiger partial charge is 0.253 e. The van der Waals surface area contributed by atoms with E-state index in [1.807, 2.05) is 24.1 Å². The second-order valence-corrected chi connectivity index (χ2v) is 6.97. The molecule has 0 spiro atoms. The molecule has 1 aliphatic rings. The van der Waals surface area contributed by atoms with Gasteiger partial charge in [-0.1, -0.05) is 12.1 Å². The van der Waals surface area contributed by atoms with Crippen LogP contribution in [0, 0.1) is 0 Å². The summed E-state index contributed by atoms with van der Waals surface area (Å²) in [4.78, 5) is 28.3. The van der Waals surface area contributed by atoms with Crippen molar-refractivity contribution in [3.63, 3.8) is 0 Å². The molecule has 0 saturated carbocycles. The fourth-order valence-corrected chi connectivity index (χ4v) is 3.52. The van der Waals surface area contributed by atoms with E-state index in [4.69, 9.17) is 4.74 Å². The number of hydrogen-bond acceptors (Lipinski definition) is 4. The predicted octanol–water partition coefficient (Wildman–Crippen LogP) is 3.64. The number of hydrogen-bond donors (Lipinski definition) is 0. The molecule has 0 unspecified atom stereocenters. The van der Waals surface area contributed by atoms with E-state index in [-0.39, 0.29) is 17.7 Å². The number of anilines is 1. The molecule has 2 aromatic rings. The van der Waals surface area contributed by atoms with Crippen molar-refractivity contribution in [2.45, 2.75) is 25.8 Å². The van der Waals surface area contributed by atoms with Gasteiger partial charge in [-0.3, -0.25) is 9.59 Å². The van der Waals surface area contributed by atoms with Crippen molar-refractivity contribution < 1.29 is 14.3 Å². The van der Waals surface area contributed by atoms with Gasteiger partial charge in [-0.25, -0.2) is 0 Å². The van der Waals surface area contributed by atoms with Gasteiger partial charge in [0.1, 0.15) is 5.75 Å². The summed E-state index contributed by atoms with van der Waals surface area (Å²) in [5, 5.41) is 0. The second-order valence-electron chi connectivity index (χ2n) is 6.97. The quantitative estimate of drug-likeness (QED) is 0.758. The molecule has 142 valence electrons. The van der Waals surface area contributed by atoms with Gasteiger partial charge in [-0.05, 0) is 56.2 Å². The molecule has 0 aromatic heterocycles. The first-order valence-electron chi connectivity index (χ1n) is 9.26. The van der Waals surface area contributed by atoms with Crippen LogP contribution < -0.4 is 9.64 Å². The maximum atomic E-state index is 12.8. The number of benzene rings is 2. The highest BCUT2D eigenvalue weighted by molar-refractivity contribution is 5.97. The average Bonchev–Trinajstić information content (AvgIpc) is 2.73. The molecule has 5 heteroatoms. The van der Waals surface area contributed by atoms with Crippen LogP contribution in [0.2, 0.25) is 0 Å². The van der Waals surface area contributed by atoms with Crippen LogP contribution >= 0.6 is 0 Å². The lowest BCUT2D eigenvalue weighted by Gasteiger charge is -2.38. The van der Waals surface area contributed by atoms with Gasteiger partial charge in [0.2, 0.25) is 0 Å². The Hall–Kier alpha value is -2.82. The number of piperidine rings is 1. The summed E-state index contributed by atoms with van der Waals surface area (Å²) in [5.41, 5.74) is 2.44. The van der Waals surface area contributed by atoms with Gasteiger partial charge in [-0.15, -0.1) is 0 Å². The molecule has 1 amide bonds. The third-order valence-corrected chi connectivity index (χ3v) is 5.31. The summed E-state index contributed by atoms with van der Waals surface area (Å²) >= 11 is 0. The Labute approximate surface area is 160 Å². The maximum Gasteiger partial charge on any atom is 0.253 e. The maximum absolute atomic E-state index is 12.8. The lowest BCUT2D eigenvalue weighted by Crippen LogP contribution is -2.45. The summed E-state index contributed by atoms with van der Waals surface area (Å²) < 4.78 is 5.21. The van der Waals surface area contributed by atoms with E-state index in [0.717, 1.165) is 31.7 Å². The Morgan fingerprint density at radius 3 is 2.04 bits per heavy atom. The zero-order valence-corrected chi connectivity index (χ0v) is 16.1. The molecule has 27 heavy (non-hydrogen) atoms. The van der Waals surface area contributed by atoms with Crippen LogP contribution in [0.15, 0.2) is 48.5 Å². The summed E-state index contributed by atoms with van der Waals surface area (Å²) in [6.45, 7) is 3.36. The standard InChI is InChI=1S/C22H26N2O3/c1-16(25)17-4-6-18(7-5-17)22(26)23(2)19-12-14-24(15-13-19)20-8-10-21(27-3)11-9-20/h4-11,19H,12-15H2,1-3H3. The van der Waals surface area contributed by atoms with Gasteiger partial charge in [0.05, 0.1) is 7.11 Å². The molecule has 0 aliphatic carbocycles. The minimum Gasteiger partial charge on any atom is -0.497 e. The Kier molecular flexibility index (Phi) is 5.79. The Morgan fingerprint density at radius 1 is 0.963 bits per heavy atom. The van der Waals surface area contributed by atoms with Gasteiger partial charge in [0, 0.05) is 43.0 Å². The highest BCUT2D eigenvalue weighted by atomic mass is 16.5.